The molecule has 1 amide bonds. The van der Waals surface area contributed by atoms with Crippen molar-refractivity contribution in [2.75, 3.05) is 13.1 Å². The molecule has 98 valence electrons. The molecular weight excluding hydrogens is 231 g/mol. The lowest BCUT2D eigenvalue weighted by Gasteiger charge is -2.37. The van der Waals surface area contributed by atoms with E-state index in [9.17, 15) is 9.18 Å². The van der Waals surface area contributed by atoms with Crippen molar-refractivity contribution >= 4 is 5.91 Å². The van der Waals surface area contributed by atoms with E-state index in [1.807, 2.05) is 11.8 Å². The van der Waals surface area contributed by atoms with Gasteiger partial charge in [-0.05, 0) is 31.5 Å². The van der Waals surface area contributed by atoms with E-state index in [0.717, 1.165) is 18.7 Å². The number of amides is 1. The Morgan fingerprint density at radius 3 is 2.72 bits per heavy atom. The molecule has 1 aliphatic heterocycles. The van der Waals surface area contributed by atoms with Gasteiger partial charge < -0.3 is 10.2 Å². The lowest BCUT2D eigenvalue weighted by Crippen LogP contribution is -2.56. The highest BCUT2D eigenvalue weighted by Gasteiger charge is 2.26. The van der Waals surface area contributed by atoms with Crippen LogP contribution in [0.4, 0.5) is 4.39 Å². The van der Waals surface area contributed by atoms with Crippen molar-refractivity contribution in [1.29, 1.82) is 0 Å². The van der Waals surface area contributed by atoms with E-state index in [2.05, 4.69) is 12.2 Å². The SMILES string of the molecule is CC1CN(C(=O)Cc2ccc(F)cc2)C(C)CN1. The molecule has 2 unspecified atom stereocenters. The summed E-state index contributed by atoms with van der Waals surface area (Å²) >= 11 is 0. The molecule has 3 nitrogen and oxygen atoms in total. The van der Waals surface area contributed by atoms with Crippen molar-refractivity contribution in [1.82, 2.24) is 10.2 Å². The first-order valence-electron chi connectivity index (χ1n) is 6.33. The zero-order valence-electron chi connectivity index (χ0n) is 10.8. The first-order valence-corrected chi connectivity index (χ1v) is 6.33. The minimum atomic E-state index is -0.268. The maximum absolute atomic E-state index is 12.8. The summed E-state index contributed by atoms with van der Waals surface area (Å²) in [5, 5.41) is 3.34. The highest BCUT2D eigenvalue weighted by atomic mass is 19.1. The second kappa shape index (κ2) is 5.48. The van der Waals surface area contributed by atoms with Crippen LogP contribution in [-0.2, 0) is 11.2 Å². The van der Waals surface area contributed by atoms with Crippen LogP contribution >= 0.6 is 0 Å². The van der Waals surface area contributed by atoms with Gasteiger partial charge in [-0.2, -0.15) is 0 Å². The van der Waals surface area contributed by atoms with E-state index in [1.54, 1.807) is 12.1 Å². The number of nitrogens with zero attached hydrogens (tertiary/aromatic N) is 1. The molecule has 18 heavy (non-hydrogen) atoms. The molecule has 1 saturated heterocycles. The Balaban J connectivity index is 2.00. The van der Waals surface area contributed by atoms with Gasteiger partial charge in [-0.15, -0.1) is 0 Å². The van der Waals surface area contributed by atoms with Crippen LogP contribution in [0.25, 0.3) is 0 Å². The van der Waals surface area contributed by atoms with E-state index in [4.69, 9.17) is 0 Å². The summed E-state index contributed by atoms with van der Waals surface area (Å²) in [5.74, 6) is -0.155. The highest BCUT2D eigenvalue weighted by Crippen LogP contribution is 2.11. The maximum Gasteiger partial charge on any atom is 0.227 e. The van der Waals surface area contributed by atoms with Crippen molar-refractivity contribution in [2.45, 2.75) is 32.4 Å². The molecule has 0 aromatic heterocycles. The third-order valence-corrected chi connectivity index (χ3v) is 3.35. The van der Waals surface area contributed by atoms with E-state index >= 15 is 0 Å². The first kappa shape index (κ1) is 13.0. The molecule has 1 aromatic rings. The molecule has 1 aromatic carbocycles. The number of hydrogen-bond donors (Lipinski definition) is 1. The lowest BCUT2D eigenvalue weighted by molar-refractivity contribution is -0.133. The molecule has 4 heteroatoms. The average Bonchev–Trinajstić information content (AvgIpc) is 2.35. The fourth-order valence-corrected chi connectivity index (χ4v) is 2.25. The second-order valence-corrected chi connectivity index (χ2v) is 5.01. The fourth-order valence-electron chi connectivity index (χ4n) is 2.25. The van der Waals surface area contributed by atoms with E-state index < -0.39 is 0 Å². The quantitative estimate of drug-likeness (QED) is 0.864. The third-order valence-electron chi connectivity index (χ3n) is 3.35. The van der Waals surface area contributed by atoms with Gasteiger partial charge in [-0.3, -0.25) is 4.79 Å². The average molecular weight is 250 g/mol. The number of rotatable bonds is 2. The normalized spacial score (nSPS) is 24.1. The number of halogens is 1. The molecule has 0 aliphatic carbocycles. The molecule has 1 aliphatic rings. The van der Waals surface area contributed by atoms with E-state index in [1.165, 1.54) is 12.1 Å². The van der Waals surface area contributed by atoms with Crippen LogP contribution in [-0.4, -0.2) is 36.0 Å². The van der Waals surface area contributed by atoms with Crippen molar-refractivity contribution in [2.24, 2.45) is 0 Å². The lowest BCUT2D eigenvalue weighted by atomic mass is 10.1. The third kappa shape index (κ3) is 3.07. The fraction of sp³-hybridized carbons (Fsp3) is 0.500. The molecule has 0 bridgehead atoms. The summed E-state index contributed by atoms with van der Waals surface area (Å²) in [7, 11) is 0. The highest BCUT2D eigenvalue weighted by molar-refractivity contribution is 5.79. The summed E-state index contributed by atoms with van der Waals surface area (Å²) < 4.78 is 12.8. The zero-order valence-corrected chi connectivity index (χ0v) is 10.8. The van der Waals surface area contributed by atoms with Gasteiger partial charge in [0.2, 0.25) is 5.91 Å². The van der Waals surface area contributed by atoms with Gasteiger partial charge in [0, 0.05) is 25.2 Å². The number of hydrogen-bond acceptors (Lipinski definition) is 2. The van der Waals surface area contributed by atoms with Gasteiger partial charge in [0.05, 0.1) is 6.42 Å². The van der Waals surface area contributed by atoms with Gasteiger partial charge in [0.15, 0.2) is 0 Å². The Hall–Kier alpha value is -1.42. The van der Waals surface area contributed by atoms with E-state index in [-0.39, 0.29) is 17.8 Å². The van der Waals surface area contributed by atoms with Gasteiger partial charge in [0.1, 0.15) is 5.82 Å². The summed E-state index contributed by atoms with van der Waals surface area (Å²) in [6.45, 7) is 5.68. The number of carbonyl (C=O) groups excluding carboxylic acids is 1. The monoisotopic (exact) mass is 250 g/mol. The molecule has 2 rings (SSSR count). The van der Waals surface area contributed by atoms with Crippen molar-refractivity contribution in [3.8, 4) is 0 Å². The Morgan fingerprint density at radius 1 is 1.39 bits per heavy atom. The van der Waals surface area contributed by atoms with Gasteiger partial charge in [0.25, 0.3) is 0 Å². The van der Waals surface area contributed by atoms with Crippen LogP contribution in [0.2, 0.25) is 0 Å². The molecule has 0 spiro atoms. The maximum atomic E-state index is 12.8. The molecule has 1 heterocycles. The van der Waals surface area contributed by atoms with Gasteiger partial charge >= 0.3 is 0 Å². The van der Waals surface area contributed by atoms with Gasteiger partial charge in [-0.25, -0.2) is 4.39 Å². The van der Waals surface area contributed by atoms with Crippen LogP contribution in [0, 0.1) is 5.82 Å². The predicted octanol–water partition coefficient (Wildman–Crippen LogP) is 1.58. The summed E-state index contributed by atoms with van der Waals surface area (Å²) in [6, 6.07) is 6.68. The number of carbonyl (C=O) groups is 1. The summed E-state index contributed by atoms with van der Waals surface area (Å²) in [5.41, 5.74) is 0.861. The van der Waals surface area contributed by atoms with Crippen LogP contribution < -0.4 is 5.32 Å². The molecule has 1 fully saturated rings. The van der Waals surface area contributed by atoms with Crippen molar-refractivity contribution in [3.63, 3.8) is 0 Å². The smallest absolute Gasteiger partial charge is 0.227 e. The molecule has 0 saturated carbocycles. The molecular formula is C14H19FN2O. The summed E-state index contributed by atoms with van der Waals surface area (Å²) in [4.78, 5) is 14.1. The standard InChI is InChI=1S/C14H19FN2O/c1-10-9-17(11(2)8-16-10)14(18)7-12-3-5-13(15)6-4-12/h3-6,10-11,16H,7-9H2,1-2H3. The Kier molecular flexibility index (Phi) is 3.97. The Morgan fingerprint density at radius 2 is 2.06 bits per heavy atom. The van der Waals surface area contributed by atoms with E-state index in [0.29, 0.717) is 12.5 Å². The predicted molar refractivity (Wildman–Crippen MR) is 68.7 cm³/mol. The van der Waals surface area contributed by atoms with Crippen LogP contribution in [0.5, 0.6) is 0 Å². The second-order valence-electron chi connectivity index (χ2n) is 5.01. The minimum Gasteiger partial charge on any atom is -0.337 e. The number of piperazine rings is 1. The van der Waals surface area contributed by atoms with Crippen molar-refractivity contribution < 1.29 is 9.18 Å². The molecule has 0 radical (unpaired) electrons. The summed E-state index contributed by atoms with van der Waals surface area (Å²) in [6.07, 6.45) is 0.345. The zero-order chi connectivity index (χ0) is 13.1. The molecule has 2 atom stereocenters. The topological polar surface area (TPSA) is 32.3 Å². The van der Waals surface area contributed by atoms with Crippen molar-refractivity contribution in [3.05, 3.63) is 35.6 Å². The Labute approximate surface area is 107 Å². The number of nitrogens with one attached hydrogen (secondary N) is 1. The van der Waals surface area contributed by atoms with Crippen LogP contribution in [0.3, 0.4) is 0 Å². The van der Waals surface area contributed by atoms with Gasteiger partial charge in [-0.1, -0.05) is 12.1 Å². The van der Waals surface area contributed by atoms with Crippen LogP contribution in [0.15, 0.2) is 24.3 Å². The first-order chi connectivity index (χ1) is 8.56. The van der Waals surface area contributed by atoms with Crippen LogP contribution in [0.1, 0.15) is 19.4 Å². The molecule has 1 N–H and O–H groups in total. The Bertz CT molecular complexity index is 418. The number of benzene rings is 1. The minimum absolute atomic E-state index is 0.113. The largest absolute Gasteiger partial charge is 0.337 e.